The zero-order chi connectivity index (χ0) is 18.1. The Morgan fingerprint density at radius 2 is 1.84 bits per heavy atom. The van der Waals surface area contributed by atoms with Crippen molar-refractivity contribution in [3.05, 3.63) is 88.3 Å². The van der Waals surface area contributed by atoms with Crippen LogP contribution in [0.4, 0.5) is 5.69 Å². The highest BCUT2D eigenvalue weighted by atomic mass is 16.5. The van der Waals surface area contributed by atoms with Gasteiger partial charge in [-0.3, -0.25) is 0 Å². The molecule has 2 aromatic rings. The van der Waals surface area contributed by atoms with Crippen molar-refractivity contribution in [1.29, 1.82) is 0 Å². The topological polar surface area (TPSA) is 21.2 Å². The average molecular weight is 331 g/mol. The summed E-state index contributed by atoms with van der Waals surface area (Å²) in [6.07, 6.45) is 1.63. The van der Waals surface area contributed by atoms with Crippen LogP contribution < -0.4 is 9.64 Å². The Labute approximate surface area is 149 Å². The molecule has 0 saturated heterocycles. The van der Waals surface area contributed by atoms with E-state index >= 15 is 0 Å². The molecule has 0 heterocycles. The third kappa shape index (κ3) is 5.12. The molecule has 4 heteroatoms. The number of hydrogen-bond donors (Lipinski definition) is 0. The molecule has 0 aliphatic rings. The van der Waals surface area contributed by atoms with E-state index in [4.69, 9.17) is 17.9 Å². The summed E-state index contributed by atoms with van der Waals surface area (Å²) in [6.45, 7) is 20.4. The Kier molecular flexibility index (Phi) is 6.63. The first kappa shape index (κ1) is 18.1. The molecule has 0 unspecified atom stereocenters. The van der Waals surface area contributed by atoms with Crippen LogP contribution in [0, 0.1) is 20.1 Å². The predicted octanol–water partition coefficient (Wildman–Crippen LogP) is 5.04. The molecule has 0 atom stereocenters. The van der Waals surface area contributed by atoms with Gasteiger partial charge in [0.2, 0.25) is 0 Å². The van der Waals surface area contributed by atoms with Crippen molar-refractivity contribution in [2.24, 2.45) is 0 Å². The molecule has 4 nitrogen and oxygen atoms in total. The van der Waals surface area contributed by atoms with E-state index in [1.807, 2.05) is 49.4 Å². The lowest BCUT2D eigenvalue weighted by molar-refractivity contribution is 0.324. The van der Waals surface area contributed by atoms with Crippen LogP contribution in [0.3, 0.4) is 0 Å². The maximum atomic E-state index is 6.99. The highest BCUT2D eigenvalue weighted by Crippen LogP contribution is 2.22. The van der Waals surface area contributed by atoms with Crippen molar-refractivity contribution in [3.8, 4) is 5.75 Å². The Morgan fingerprint density at radius 3 is 2.44 bits per heavy atom. The van der Waals surface area contributed by atoms with Crippen LogP contribution in [-0.2, 0) is 0 Å². The standard InChI is InChI=1S/C21H21N3O/c1-5-24(13-14-25-20-9-7-6-8-10-20)19-12-11-18(17(2)15-19)16-21(22-3)23-4/h6-12,15-16H,5,13-14H2,1-2H3. The minimum Gasteiger partial charge on any atom is -0.492 e. The van der Waals surface area contributed by atoms with Crippen molar-refractivity contribution >= 4 is 11.8 Å². The van der Waals surface area contributed by atoms with Gasteiger partial charge in [0.05, 0.1) is 6.54 Å². The van der Waals surface area contributed by atoms with Crippen LogP contribution in [0.15, 0.2) is 54.4 Å². The number of para-hydroxylation sites is 1. The van der Waals surface area contributed by atoms with Crippen LogP contribution in [0.25, 0.3) is 15.8 Å². The maximum Gasteiger partial charge on any atom is 0.519 e. The van der Waals surface area contributed by atoms with Gasteiger partial charge in [0.15, 0.2) is 0 Å². The fourth-order valence-corrected chi connectivity index (χ4v) is 2.51. The molecule has 0 aromatic heterocycles. The Hall–Kier alpha value is -3.24. The van der Waals surface area contributed by atoms with Crippen LogP contribution in [0.1, 0.15) is 18.1 Å². The fourth-order valence-electron chi connectivity index (χ4n) is 2.51. The van der Waals surface area contributed by atoms with E-state index in [-0.39, 0.29) is 5.82 Å². The summed E-state index contributed by atoms with van der Waals surface area (Å²) in [7, 11) is 0. The number of ether oxygens (including phenoxy) is 1. The molecule has 0 spiro atoms. The first-order valence-electron chi connectivity index (χ1n) is 8.18. The molecule has 2 rings (SSSR count). The zero-order valence-electron chi connectivity index (χ0n) is 14.6. The second-order valence-corrected chi connectivity index (χ2v) is 5.51. The number of rotatable bonds is 7. The highest BCUT2D eigenvalue weighted by molar-refractivity contribution is 5.63. The number of hydrogen-bond acceptors (Lipinski definition) is 2. The third-order valence-electron chi connectivity index (χ3n) is 3.89. The van der Waals surface area contributed by atoms with Gasteiger partial charge in [-0.15, -0.1) is 0 Å². The van der Waals surface area contributed by atoms with Crippen LogP contribution in [-0.4, -0.2) is 19.7 Å². The van der Waals surface area contributed by atoms with Crippen molar-refractivity contribution < 1.29 is 4.74 Å². The minimum atomic E-state index is 0.0828. The van der Waals surface area contributed by atoms with Gasteiger partial charge in [0.1, 0.15) is 25.5 Å². The molecular formula is C21H21N3O. The van der Waals surface area contributed by atoms with Gasteiger partial charge in [-0.25, -0.2) is 0 Å². The normalized spacial score (nSPS) is 9.60. The summed E-state index contributed by atoms with van der Waals surface area (Å²) in [5, 5.41) is 0. The van der Waals surface area contributed by atoms with Gasteiger partial charge in [-0.1, -0.05) is 24.3 Å². The fraction of sp³-hybridized carbons (Fsp3) is 0.238. The van der Waals surface area contributed by atoms with Crippen molar-refractivity contribution in [3.63, 3.8) is 0 Å². The van der Waals surface area contributed by atoms with Gasteiger partial charge in [0.25, 0.3) is 0 Å². The Balaban J connectivity index is 2.05. The molecule has 0 saturated carbocycles. The molecule has 126 valence electrons. The van der Waals surface area contributed by atoms with E-state index in [1.165, 1.54) is 0 Å². The summed E-state index contributed by atoms with van der Waals surface area (Å²) in [5.74, 6) is 0.959. The smallest absolute Gasteiger partial charge is 0.492 e. The second kappa shape index (κ2) is 9.15. The summed E-state index contributed by atoms with van der Waals surface area (Å²) < 4.78 is 5.78. The Morgan fingerprint density at radius 1 is 1.12 bits per heavy atom. The largest absolute Gasteiger partial charge is 0.519 e. The van der Waals surface area contributed by atoms with E-state index in [1.54, 1.807) is 6.08 Å². The number of anilines is 1. The predicted molar refractivity (Wildman–Crippen MR) is 102 cm³/mol. The number of benzene rings is 2. The molecule has 0 aliphatic heterocycles. The van der Waals surface area contributed by atoms with Gasteiger partial charge in [0, 0.05) is 18.3 Å². The first-order valence-corrected chi connectivity index (χ1v) is 8.18. The monoisotopic (exact) mass is 331 g/mol. The lowest BCUT2D eigenvalue weighted by Gasteiger charge is -2.24. The van der Waals surface area contributed by atoms with Gasteiger partial charge < -0.3 is 9.64 Å². The summed E-state index contributed by atoms with van der Waals surface area (Å²) in [4.78, 5) is 8.68. The molecule has 25 heavy (non-hydrogen) atoms. The lowest BCUT2D eigenvalue weighted by Crippen LogP contribution is -2.28. The second-order valence-electron chi connectivity index (χ2n) is 5.51. The highest BCUT2D eigenvalue weighted by Gasteiger charge is 2.09. The lowest BCUT2D eigenvalue weighted by atomic mass is 10.1. The van der Waals surface area contributed by atoms with E-state index in [2.05, 4.69) is 27.6 Å². The minimum absolute atomic E-state index is 0.0828. The molecule has 0 N–H and O–H groups in total. The molecule has 0 bridgehead atoms. The average Bonchev–Trinajstić information content (AvgIpc) is 2.65. The summed E-state index contributed by atoms with van der Waals surface area (Å²) in [6, 6.07) is 15.9. The van der Waals surface area contributed by atoms with Gasteiger partial charge >= 0.3 is 5.82 Å². The molecular weight excluding hydrogens is 310 g/mol. The maximum absolute atomic E-state index is 6.99. The number of aryl methyl sites for hydroxylation is 1. The van der Waals surface area contributed by atoms with Crippen LogP contribution in [0.5, 0.6) is 5.75 Å². The molecule has 0 amide bonds. The quantitative estimate of drug-likeness (QED) is 0.663. The third-order valence-corrected chi connectivity index (χ3v) is 3.89. The van der Waals surface area contributed by atoms with Crippen LogP contribution >= 0.6 is 0 Å². The molecule has 0 fully saturated rings. The molecule has 0 radical (unpaired) electrons. The van der Waals surface area contributed by atoms with Crippen molar-refractivity contribution in [2.45, 2.75) is 13.8 Å². The van der Waals surface area contributed by atoms with E-state index in [0.29, 0.717) is 6.61 Å². The molecule has 2 aromatic carbocycles. The molecule has 0 aliphatic carbocycles. The number of likely N-dealkylation sites (N-methyl/N-ethyl adjacent to an activating group) is 1. The van der Waals surface area contributed by atoms with E-state index in [9.17, 15) is 0 Å². The van der Waals surface area contributed by atoms with Gasteiger partial charge in [-0.2, -0.15) is 9.69 Å². The SMILES string of the molecule is [C-]#[N+]C(=Cc1ccc(N(CC)CCOc2ccccc2)cc1C)[N+]#[C-]. The van der Waals surface area contributed by atoms with Crippen molar-refractivity contribution in [1.82, 2.24) is 0 Å². The van der Waals surface area contributed by atoms with Crippen molar-refractivity contribution in [2.75, 3.05) is 24.6 Å². The zero-order valence-corrected chi connectivity index (χ0v) is 14.6. The summed E-state index contributed by atoms with van der Waals surface area (Å²) in [5.41, 5.74) is 3.06. The van der Waals surface area contributed by atoms with Crippen LogP contribution in [0.2, 0.25) is 0 Å². The Bertz CT molecular complexity index is 797. The number of nitrogens with zero attached hydrogens (tertiary/aromatic N) is 3. The first-order chi connectivity index (χ1) is 12.2. The van der Waals surface area contributed by atoms with E-state index in [0.717, 1.165) is 35.7 Å². The summed E-state index contributed by atoms with van der Waals surface area (Å²) >= 11 is 0. The van der Waals surface area contributed by atoms with E-state index < -0.39 is 0 Å². The van der Waals surface area contributed by atoms with Gasteiger partial charge in [-0.05, 0) is 49.2 Å².